The summed E-state index contributed by atoms with van der Waals surface area (Å²) in [4.78, 5) is 29.6. The van der Waals surface area contributed by atoms with E-state index in [1.807, 2.05) is 0 Å². The normalized spacial score (nSPS) is 12.9. The summed E-state index contributed by atoms with van der Waals surface area (Å²) in [5, 5.41) is 21.9. The van der Waals surface area contributed by atoms with Crippen LogP contribution in [0.5, 0.6) is 5.75 Å². The predicted molar refractivity (Wildman–Crippen MR) is 105 cm³/mol. The van der Waals surface area contributed by atoms with Gasteiger partial charge in [-0.2, -0.15) is 0 Å². The third kappa shape index (κ3) is 3.36. The topological polar surface area (TPSA) is 104 Å². The molecule has 0 aliphatic carbocycles. The van der Waals surface area contributed by atoms with Crippen LogP contribution >= 0.6 is 0 Å². The number of hydrogen-bond donors (Lipinski definition) is 3. The van der Waals surface area contributed by atoms with Crippen molar-refractivity contribution in [3.63, 3.8) is 0 Å². The van der Waals surface area contributed by atoms with Crippen molar-refractivity contribution >= 4 is 16.9 Å². The van der Waals surface area contributed by atoms with Crippen molar-refractivity contribution < 1.29 is 19.4 Å². The van der Waals surface area contributed by atoms with Gasteiger partial charge < -0.3 is 20.1 Å². The van der Waals surface area contributed by atoms with Gasteiger partial charge in [-0.15, -0.1) is 0 Å². The number of aromatic nitrogens is 2. The standard InChI is InChI=1S/C21H20FN3O4/c22-14-5-3-12(4-6-14)10-13-11-24-17-18-15(13)2-1-8-25(18)21(29)16(19(17)27)20(28)23-7-9-26/h3-6,11,26-27H,1-2,7-10H2,(H,23,28). The molecule has 0 atom stereocenters. The van der Waals surface area contributed by atoms with Crippen molar-refractivity contribution in [3.05, 3.63) is 68.9 Å². The number of halogens is 1. The lowest BCUT2D eigenvalue weighted by atomic mass is 9.94. The Morgan fingerprint density at radius 2 is 2.03 bits per heavy atom. The summed E-state index contributed by atoms with van der Waals surface area (Å²) in [6.07, 6.45) is 3.58. The van der Waals surface area contributed by atoms with Gasteiger partial charge >= 0.3 is 0 Å². The number of carbonyl (C=O) groups excluding carboxylic acids is 1. The van der Waals surface area contributed by atoms with Crippen LogP contribution in [0.25, 0.3) is 11.0 Å². The van der Waals surface area contributed by atoms with E-state index in [0.717, 1.165) is 16.7 Å². The molecule has 0 bridgehead atoms. The van der Waals surface area contributed by atoms with Crippen molar-refractivity contribution in [3.8, 4) is 5.75 Å². The van der Waals surface area contributed by atoms with Gasteiger partial charge in [-0.25, -0.2) is 4.39 Å². The van der Waals surface area contributed by atoms with Gasteiger partial charge in [0.25, 0.3) is 11.5 Å². The molecule has 7 nitrogen and oxygen atoms in total. The van der Waals surface area contributed by atoms with Crippen LogP contribution in [0.15, 0.2) is 35.3 Å². The van der Waals surface area contributed by atoms with E-state index in [9.17, 15) is 19.1 Å². The first-order valence-corrected chi connectivity index (χ1v) is 9.41. The van der Waals surface area contributed by atoms with Gasteiger partial charge in [-0.3, -0.25) is 14.6 Å². The molecule has 4 rings (SSSR count). The Bertz CT molecular complexity index is 1160. The summed E-state index contributed by atoms with van der Waals surface area (Å²) in [7, 11) is 0. The molecule has 0 saturated carbocycles. The number of hydrogen-bond acceptors (Lipinski definition) is 5. The molecule has 0 unspecified atom stereocenters. The quantitative estimate of drug-likeness (QED) is 0.605. The van der Waals surface area contributed by atoms with Gasteiger partial charge in [0.05, 0.1) is 12.1 Å². The molecule has 0 fully saturated rings. The number of amides is 1. The zero-order chi connectivity index (χ0) is 20.5. The van der Waals surface area contributed by atoms with E-state index >= 15 is 0 Å². The van der Waals surface area contributed by atoms with Crippen LogP contribution < -0.4 is 10.9 Å². The second kappa shape index (κ2) is 7.63. The molecule has 3 aromatic rings. The van der Waals surface area contributed by atoms with Crippen LogP contribution in [0.1, 0.15) is 33.5 Å². The number of nitrogens with one attached hydrogen (secondary N) is 1. The molecule has 150 valence electrons. The third-order valence-electron chi connectivity index (χ3n) is 5.18. The first-order valence-electron chi connectivity index (χ1n) is 9.41. The van der Waals surface area contributed by atoms with Crippen LogP contribution in [0.4, 0.5) is 4.39 Å². The van der Waals surface area contributed by atoms with E-state index in [0.29, 0.717) is 31.3 Å². The third-order valence-corrected chi connectivity index (χ3v) is 5.18. The first-order chi connectivity index (χ1) is 14.0. The summed E-state index contributed by atoms with van der Waals surface area (Å²) >= 11 is 0. The second-order valence-corrected chi connectivity index (χ2v) is 7.03. The summed E-state index contributed by atoms with van der Waals surface area (Å²) in [6.45, 7) is 0.124. The smallest absolute Gasteiger partial charge is 0.267 e. The van der Waals surface area contributed by atoms with Gasteiger partial charge in [-0.1, -0.05) is 12.1 Å². The SMILES string of the molecule is O=C(NCCO)c1c(O)c2ncc(Cc3ccc(F)cc3)c3c2n(c1=O)CCC3. The Morgan fingerprint density at radius 1 is 1.28 bits per heavy atom. The number of aryl methyl sites for hydroxylation is 2. The lowest BCUT2D eigenvalue weighted by molar-refractivity contribution is 0.0940. The highest BCUT2D eigenvalue weighted by Crippen LogP contribution is 2.32. The number of benzene rings is 1. The summed E-state index contributed by atoms with van der Waals surface area (Å²) in [5.74, 6) is -1.50. The van der Waals surface area contributed by atoms with E-state index in [-0.39, 0.29) is 30.0 Å². The lowest BCUT2D eigenvalue weighted by Gasteiger charge is -2.23. The van der Waals surface area contributed by atoms with Gasteiger partial charge in [0.1, 0.15) is 16.9 Å². The lowest BCUT2D eigenvalue weighted by Crippen LogP contribution is -2.36. The van der Waals surface area contributed by atoms with Crippen molar-refractivity contribution in [1.29, 1.82) is 0 Å². The Kier molecular flexibility index (Phi) is 5.02. The molecule has 1 aromatic carbocycles. The zero-order valence-electron chi connectivity index (χ0n) is 15.6. The molecule has 8 heteroatoms. The summed E-state index contributed by atoms with van der Waals surface area (Å²) < 4.78 is 14.7. The van der Waals surface area contributed by atoms with Crippen LogP contribution in [0.2, 0.25) is 0 Å². The zero-order valence-corrected chi connectivity index (χ0v) is 15.6. The average Bonchev–Trinajstić information content (AvgIpc) is 2.73. The summed E-state index contributed by atoms with van der Waals surface area (Å²) in [5.41, 5.74) is 2.51. The maximum atomic E-state index is 13.2. The molecule has 0 saturated heterocycles. The van der Waals surface area contributed by atoms with Crippen LogP contribution in [0, 0.1) is 5.82 Å². The fourth-order valence-corrected chi connectivity index (χ4v) is 3.84. The highest BCUT2D eigenvalue weighted by molar-refractivity contribution is 6.02. The van der Waals surface area contributed by atoms with Crippen molar-refractivity contribution in [2.45, 2.75) is 25.8 Å². The largest absolute Gasteiger partial charge is 0.505 e. The Labute approximate surface area is 165 Å². The van der Waals surface area contributed by atoms with Crippen LogP contribution in [-0.2, 0) is 19.4 Å². The Hall–Kier alpha value is -3.26. The maximum absolute atomic E-state index is 13.2. The minimum atomic E-state index is -0.739. The minimum Gasteiger partial charge on any atom is -0.505 e. The number of aliphatic hydroxyl groups excluding tert-OH is 1. The molecule has 1 amide bonds. The van der Waals surface area contributed by atoms with E-state index in [1.165, 1.54) is 16.7 Å². The van der Waals surface area contributed by atoms with E-state index in [1.54, 1.807) is 18.3 Å². The van der Waals surface area contributed by atoms with E-state index < -0.39 is 17.2 Å². The molecular formula is C21H20FN3O4. The number of rotatable bonds is 5. The minimum absolute atomic E-state index is 0.0228. The summed E-state index contributed by atoms with van der Waals surface area (Å²) in [6, 6.07) is 6.20. The van der Waals surface area contributed by atoms with E-state index in [2.05, 4.69) is 10.3 Å². The van der Waals surface area contributed by atoms with Gasteiger partial charge in [0.2, 0.25) is 0 Å². The molecule has 3 N–H and O–H groups in total. The van der Waals surface area contributed by atoms with Crippen LogP contribution in [-0.4, -0.2) is 38.8 Å². The maximum Gasteiger partial charge on any atom is 0.267 e. The molecular weight excluding hydrogens is 377 g/mol. The highest BCUT2D eigenvalue weighted by atomic mass is 19.1. The van der Waals surface area contributed by atoms with Crippen molar-refractivity contribution in [2.24, 2.45) is 0 Å². The van der Waals surface area contributed by atoms with Gasteiger partial charge in [0, 0.05) is 19.3 Å². The number of pyridine rings is 2. The monoisotopic (exact) mass is 397 g/mol. The fourth-order valence-electron chi connectivity index (χ4n) is 3.84. The van der Waals surface area contributed by atoms with Crippen molar-refractivity contribution in [1.82, 2.24) is 14.9 Å². The molecule has 2 aromatic heterocycles. The number of aromatic hydroxyl groups is 1. The number of carbonyl (C=O) groups is 1. The number of aliphatic hydroxyl groups is 1. The predicted octanol–water partition coefficient (Wildman–Crippen LogP) is 1.50. The second-order valence-electron chi connectivity index (χ2n) is 7.03. The average molecular weight is 397 g/mol. The molecule has 1 aliphatic heterocycles. The molecule has 0 radical (unpaired) electrons. The molecule has 29 heavy (non-hydrogen) atoms. The Morgan fingerprint density at radius 3 is 2.76 bits per heavy atom. The first kappa shape index (κ1) is 19.1. The van der Waals surface area contributed by atoms with Crippen LogP contribution in [0.3, 0.4) is 0 Å². The van der Waals surface area contributed by atoms with Crippen molar-refractivity contribution in [2.75, 3.05) is 13.2 Å². The van der Waals surface area contributed by atoms with Gasteiger partial charge in [-0.05, 0) is 48.1 Å². The molecule has 0 spiro atoms. The molecule has 3 heterocycles. The Balaban J connectivity index is 1.86. The fraction of sp³-hybridized carbons (Fsp3) is 0.286. The van der Waals surface area contributed by atoms with E-state index in [4.69, 9.17) is 5.11 Å². The van der Waals surface area contributed by atoms with Gasteiger partial charge in [0.15, 0.2) is 5.75 Å². The molecule has 1 aliphatic rings. The number of nitrogens with zero attached hydrogens (tertiary/aromatic N) is 2. The highest BCUT2D eigenvalue weighted by Gasteiger charge is 2.27.